The van der Waals surface area contributed by atoms with Gasteiger partial charge in [-0.1, -0.05) is 0 Å². The molecule has 0 atom stereocenters. The van der Waals surface area contributed by atoms with Gasteiger partial charge in [0.05, 0.1) is 12.2 Å². The van der Waals surface area contributed by atoms with Crippen molar-refractivity contribution in [2.24, 2.45) is 7.05 Å². The average molecular weight is 294 g/mol. The quantitative estimate of drug-likeness (QED) is 0.760. The smallest absolute Gasteiger partial charge is 0.276 e. The van der Waals surface area contributed by atoms with E-state index in [-0.39, 0.29) is 11.8 Å². The molecule has 0 bridgehead atoms. The van der Waals surface area contributed by atoms with Crippen LogP contribution in [0.3, 0.4) is 0 Å². The van der Waals surface area contributed by atoms with Crippen LogP contribution in [0.4, 0.5) is 5.69 Å². The van der Waals surface area contributed by atoms with Gasteiger partial charge in [-0.2, -0.15) is 5.10 Å². The van der Waals surface area contributed by atoms with E-state index in [4.69, 9.17) is 5.73 Å². The van der Waals surface area contributed by atoms with Crippen LogP contribution in [0.25, 0.3) is 0 Å². The van der Waals surface area contributed by atoms with E-state index in [0.717, 1.165) is 0 Å². The molecule has 8 nitrogen and oxygen atoms in total. The molecule has 1 aromatic heterocycles. The fourth-order valence-corrected chi connectivity index (χ4v) is 2.26. The van der Waals surface area contributed by atoms with Crippen molar-refractivity contribution in [3.63, 3.8) is 0 Å². The summed E-state index contributed by atoms with van der Waals surface area (Å²) in [6.45, 7) is 2.90. The van der Waals surface area contributed by atoms with Crippen molar-refractivity contribution in [3.8, 4) is 0 Å². The van der Waals surface area contributed by atoms with E-state index in [1.54, 1.807) is 37.1 Å². The Bertz CT molecular complexity index is 531. The second kappa shape index (κ2) is 6.13. The number of carbonyl (C=O) groups excluding carboxylic acids is 2. The van der Waals surface area contributed by atoms with Gasteiger partial charge in [0.25, 0.3) is 5.91 Å². The lowest BCUT2D eigenvalue weighted by atomic mass is 10.2. The van der Waals surface area contributed by atoms with Crippen LogP contribution < -0.4 is 5.73 Å². The number of rotatable bonds is 3. The first-order valence-electron chi connectivity index (χ1n) is 6.89. The summed E-state index contributed by atoms with van der Waals surface area (Å²) in [5.74, 6) is -0.0737. The van der Waals surface area contributed by atoms with Gasteiger partial charge in [0.15, 0.2) is 5.69 Å². The molecule has 2 amide bonds. The highest BCUT2D eigenvalue weighted by atomic mass is 16.2. The molecule has 0 aliphatic carbocycles. The summed E-state index contributed by atoms with van der Waals surface area (Å²) < 4.78 is 1.54. The molecule has 0 radical (unpaired) electrons. The van der Waals surface area contributed by atoms with E-state index >= 15 is 0 Å². The number of piperazine rings is 1. The number of hydrogen-bond donors (Lipinski definition) is 1. The molecule has 1 aromatic rings. The molecule has 21 heavy (non-hydrogen) atoms. The van der Waals surface area contributed by atoms with E-state index in [9.17, 15) is 9.59 Å². The molecule has 2 rings (SSSR count). The van der Waals surface area contributed by atoms with Crippen LogP contribution in [0.15, 0.2) is 6.20 Å². The van der Waals surface area contributed by atoms with Gasteiger partial charge in [-0.25, -0.2) is 0 Å². The Kier molecular flexibility index (Phi) is 4.46. The molecule has 0 aromatic carbocycles. The summed E-state index contributed by atoms with van der Waals surface area (Å²) in [7, 11) is 5.22. The van der Waals surface area contributed by atoms with Crippen molar-refractivity contribution in [1.82, 2.24) is 24.5 Å². The number of anilines is 1. The Balaban J connectivity index is 1.90. The van der Waals surface area contributed by atoms with Crippen molar-refractivity contribution in [3.05, 3.63) is 11.9 Å². The van der Waals surface area contributed by atoms with Gasteiger partial charge in [-0.15, -0.1) is 0 Å². The number of aromatic nitrogens is 2. The number of hydrogen-bond acceptors (Lipinski definition) is 5. The van der Waals surface area contributed by atoms with Crippen molar-refractivity contribution < 1.29 is 9.59 Å². The van der Waals surface area contributed by atoms with Crippen LogP contribution in [0.2, 0.25) is 0 Å². The molecular formula is C13H22N6O2. The maximum Gasteiger partial charge on any atom is 0.276 e. The Hall–Kier alpha value is -2.09. The fraction of sp³-hybridized carbons (Fsp3) is 0.615. The Morgan fingerprint density at radius 1 is 1.29 bits per heavy atom. The van der Waals surface area contributed by atoms with Crippen molar-refractivity contribution in [1.29, 1.82) is 0 Å². The number of nitrogen functional groups attached to an aromatic ring is 1. The molecular weight excluding hydrogens is 272 g/mol. The van der Waals surface area contributed by atoms with E-state index in [1.807, 2.05) is 4.90 Å². The number of amides is 2. The molecule has 2 heterocycles. The van der Waals surface area contributed by atoms with Crippen LogP contribution in [-0.4, -0.2) is 83.1 Å². The maximum absolute atomic E-state index is 12.3. The predicted molar refractivity (Wildman–Crippen MR) is 78.7 cm³/mol. The summed E-state index contributed by atoms with van der Waals surface area (Å²) in [5, 5.41) is 4.10. The molecule has 0 spiro atoms. The normalized spacial score (nSPS) is 16.0. The van der Waals surface area contributed by atoms with Crippen molar-refractivity contribution in [2.45, 2.75) is 0 Å². The summed E-state index contributed by atoms with van der Waals surface area (Å²) in [6.07, 6.45) is 1.62. The van der Waals surface area contributed by atoms with Gasteiger partial charge >= 0.3 is 0 Å². The molecule has 1 aliphatic heterocycles. The lowest BCUT2D eigenvalue weighted by Gasteiger charge is -2.34. The van der Waals surface area contributed by atoms with Crippen molar-refractivity contribution >= 4 is 17.5 Å². The fourth-order valence-electron chi connectivity index (χ4n) is 2.26. The zero-order valence-electron chi connectivity index (χ0n) is 12.7. The first-order chi connectivity index (χ1) is 9.88. The third-order valence-corrected chi connectivity index (χ3v) is 3.58. The summed E-state index contributed by atoms with van der Waals surface area (Å²) in [6, 6.07) is 0. The van der Waals surface area contributed by atoms with E-state index in [2.05, 4.69) is 5.10 Å². The highest BCUT2D eigenvalue weighted by molar-refractivity contribution is 5.97. The van der Waals surface area contributed by atoms with Gasteiger partial charge < -0.3 is 15.5 Å². The topological polar surface area (TPSA) is 87.7 Å². The molecule has 1 saturated heterocycles. The zero-order valence-corrected chi connectivity index (χ0v) is 12.7. The minimum atomic E-state index is -0.147. The van der Waals surface area contributed by atoms with Crippen LogP contribution in [0, 0.1) is 0 Å². The van der Waals surface area contributed by atoms with E-state index < -0.39 is 0 Å². The molecule has 1 aliphatic rings. The van der Waals surface area contributed by atoms with Gasteiger partial charge in [0.1, 0.15) is 0 Å². The molecule has 2 N–H and O–H groups in total. The average Bonchev–Trinajstić information content (AvgIpc) is 2.77. The lowest BCUT2D eigenvalue weighted by molar-refractivity contribution is -0.130. The van der Waals surface area contributed by atoms with Gasteiger partial charge in [-0.3, -0.25) is 19.2 Å². The van der Waals surface area contributed by atoms with E-state index in [1.165, 1.54) is 4.68 Å². The SMILES string of the molecule is CN(C)C(=O)CN1CCN(C(=O)c2nn(C)cc2N)CC1. The molecule has 0 unspecified atom stereocenters. The molecule has 8 heteroatoms. The van der Waals surface area contributed by atoms with Crippen molar-refractivity contribution in [2.75, 3.05) is 52.6 Å². The number of carbonyl (C=O) groups is 2. The standard InChI is InChI=1S/C13H22N6O2/c1-16(2)11(20)9-18-4-6-19(7-5-18)13(21)12-10(14)8-17(3)15-12/h8H,4-7,9,14H2,1-3H3. The minimum Gasteiger partial charge on any atom is -0.396 e. The molecule has 1 fully saturated rings. The minimum absolute atomic E-state index is 0.0729. The predicted octanol–water partition coefficient (Wildman–Crippen LogP) is -1.15. The molecule has 116 valence electrons. The zero-order chi connectivity index (χ0) is 15.6. The maximum atomic E-state index is 12.3. The lowest BCUT2D eigenvalue weighted by Crippen LogP contribution is -2.51. The van der Waals surface area contributed by atoms with Crippen LogP contribution in [0.5, 0.6) is 0 Å². The third kappa shape index (κ3) is 3.52. The Morgan fingerprint density at radius 3 is 2.38 bits per heavy atom. The first-order valence-corrected chi connectivity index (χ1v) is 6.89. The Labute approximate surface area is 124 Å². The third-order valence-electron chi connectivity index (χ3n) is 3.58. The second-order valence-corrected chi connectivity index (χ2v) is 5.46. The summed E-state index contributed by atoms with van der Waals surface area (Å²) >= 11 is 0. The van der Waals surface area contributed by atoms with Gasteiger partial charge in [0, 0.05) is 53.5 Å². The van der Waals surface area contributed by atoms with Crippen LogP contribution in [-0.2, 0) is 11.8 Å². The highest BCUT2D eigenvalue weighted by Gasteiger charge is 2.26. The van der Waals surface area contributed by atoms with Gasteiger partial charge in [0.2, 0.25) is 5.91 Å². The summed E-state index contributed by atoms with van der Waals surface area (Å²) in [4.78, 5) is 29.4. The molecule has 0 saturated carbocycles. The number of aryl methyl sites for hydroxylation is 1. The van der Waals surface area contributed by atoms with E-state index in [0.29, 0.717) is 44.1 Å². The Morgan fingerprint density at radius 2 is 1.90 bits per heavy atom. The largest absolute Gasteiger partial charge is 0.396 e. The van der Waals surface area contributed by atoms with Crippen LogP contribution in [0.1, 0.15) is 10.5 Å². The monoisotopic (exact) mass is 294 g/mol. The highest BCUT2D eigenvalue weighted by Crippen LogP contribution is 2.13. The second-order valence-electron chi connectivity index (χ2n) is 5.46. The first kappa shape index (κ1) is 15.3. The number of nitrogens with zero attached hydrogens (tertiary/aromatic N) is 5. The number of nitrogens with two attached hydrogens (primary N) is 1. The number of likely N-dealkylation sites (N-methyl/N-ethyl adjacent to an activating group) is 1. The van der Waals surface area contributed by atoms with Gasteiger partial charge in [-0.05, 0) is 0 Å². The van der Waals surface area contributed by atoms with Crippen LogP contribution >= 0.6 is 0 Å². The summed E-state index contributed by atoms with van der Waals surface area (Å²) in [5.41, 5.74) is 6.48.